The zero-order valence-corrected chi connectivity index (χ0v) is 15.5. The third kappa shape index (κ3) is 2.33. The summed E-state index contributed by atoms with van der Waals surface area (Å²) in [6, 6.07) is 8.72. The molecule has 2 bridgehead atoms. The van der Waals surface area contributed by atoms with Crippen LogP contribution in [-0.4, -0.2) is 28.7 Å². The van der Waals surface area contributed by atoms with E-state index in [1.54, 1.807) is 6.92 Å². The number of likely N-dealkylation sites (tertiary alicyclic amines) is 1. The molecular weight excluding hydrogens is 340 g/mol. The first-order chi connectivity index (χ1) is 13.0. The Balaban J connectivity index is 1.34. The molecule has 0 aromatic heterocycles. The zero-order valence-electron chi connectivity index (χ0n) is 15.5. The van der Waals surface area contributed by atoms with Crippen LogP contribution < -0.4 is 5.32 Å². The van der Waals surface area contributed by atoms with Gasteiger partial charge in [-0.05, 0) is 49.5 Å². The Hall–Kier alpha value is -2.43. The van der Waals surface area contributed by atoms with Gasteiger partial charge in [0.25, 0.3) is 0 Å². The maximum absolute atomic E-state index is 13.1. The molecule has 5 aliphatic rings. The molecule has 1 saturated heterocycles. The number of amides is 3. The van der Waals surface area contributed by atoms with E-state index in [-0.39, 0.29) is 47.4 Å². The van der Waals surface area contributed by atoms with E-state index in [9.17, 15) is 14.4 Å². The summed E-state index contributed by atoms with van der Waals surface area (Å²) >= 11 is 0. The van der Waals surface area contributed by atoms with Crippen LogP contribution in [0.15, 0.2) is 42.5 Å². The van der Waals surface area contributed by atoms with Crippen molar-refractivity contribution >= 4 is 17.7 Å². The fraction of sp³-hybridized carbons (Fsp3) is 0.500. The van der Waals surface area contributed by atoms with Gasteiger partial charge < -0.3 is 5.32 Å². The summed E-state index contributed by atoms with van der Waals surface area (Å²) < 4.78 is 0. The Kier molecular flexibility index (Phi) is 3.58. The first kappa shape index (κ1) is 16.7. The van der Waals surface area contributed by atoms with Gasteiger partial charge in [-0.25, -0.2) is 0 Å². The Morgan fingerprint density at radius 3 is 2.11 bits per heavy atom. The molecule has 0 unspecified atom stereocenters. The SMILES string of the molecule is C[C@H](NC(=O)[C@H](C)N1C(=O)[C@@H]2[C@H]3C=C[C@@H]([C@@H]4C[C@H]34)[C@H]2C1=O)c1ccccc1. The third-order valence-electron chi connectivity index (χ3n) is 7.12. The second kappa shape index (κ2) is 5.78. The molecule has 5 nitrogen and oxygen atoms in total. The Labute approximate surface area is 158 Å². The molecule has 0 radical (unpaired) electrons. The molecule has 1 aliphatic heterocycles. The summed E-state index contributed by atoms with van der Waals surface area (Å²) in [5.74, 6) is 0.429. The van der Waals surface area contributed by atoms with Crippen LogP contribution in [0.4, 0.5) is 0 Å². The summed E-state index contributed by atoms with van der Waals surface area (Å²) in [7, 11) is 0. The molecule has 6 rings (SSSR count). The van der Waals surface area contributed by atoms with Gasteiger partial charge >= 0.3 is 0 Å². The first-order valence-electron chi connectivity index (χ1n) is 9.89. The smallest absolute Gasteiger partial charge is 0.243 e. The molecule has 27 heavy (non-hydrogen) atoms. The molecule has 8 atom stereocenters. The summed E-state index contributed by atoms with van der Waals surface area (Å²) in [5, 5.41) is 2.95. The van der Waals surface area contributed by atoms with E-state index in [0.717, 1.165) is 12.0 Å². The number of hydrogen-bond donors (Lipinski definition) is 1. The minimum absolute atomic E-state index is 0.148. The topological polar surface area (TPSA) is 66.5 Å². The zero-order chi connectivity index (χ0) is 18.9. The van der Waals surface area contributed by atoms with Crippen molar-refractivity contribution in [3.8, 4) is 0 Å². The van der Waals surface area contributed by atoms with Gasteiger partial charge in [0.05, 0.1) is 17.9 Å². The van der Waals surface area contributed by atoms with E-state index in [1.165, 1.54) is 4.90 Å². The molecule has 3 amide bonds. The lowest BCUT2D eigenvalue weighted by Crippen LogP contribution is -2.49. The van der Waals surface area contributed by atoms with Crippen molar-refractivity contribution in [1.29, 1.82) is 0 Å². The maximum atomic E-state index is 13.1. The molecule has 0 spiro atoms. The van der Waals surface area contributed by atoms with Crippen LogP contribution in [0.5, 0.6) is 0 Å². The molecule has 4 aliphatic carbocycles. The number of imide groups is 1. The van der Waals surface area contributed by atoms with Gasteiger partial charge in [-0.1, -0.05) is 42.5 Å². The Bertz CT molecular complexity index is 812. The van der Waals surface area contributed by atoms with Crippen molar-refractivity contribution < 1.29 is 14.4 Å². The second-order valence-corrected chi connectivity index (χ2v) is 8.52. The standard InChI is InChI=1S/C22H24N2O3/c1-11(13-6-4-3-5-7-13)23-20(25)12(2)24-21(26)18-14-8-9-15(17-10-16(14)17)19(18)22(24)27/h3-9,11-12,14-19H,10H2,1-2H3,(H,23,25)/t11-,12-,14-,15-,16-,17+,18+,19+/m0/s1. The highest BCUT2D eigenvalue weighted by atomic mass is 16.2. The number of rotatable bonds is 4. The van der Waals surface area contributed by atoms with Crippen molar-refractivity contribution in [3.05, 3.63) is 48.0 Å². The Morgan fingerprint density at radius 1 is 1.00 bits per heavy atom. The number of benzene rings is 1. The van der Waals surface area contributed by atoms with Crippen molar-refractivity contribution in [2.75, 3.05) is 0 Å². The lowest BCUT2D eigenvalue weighted by atomic mass is 9.63. The van der Waals surface area contributed by atoms with Crippen LogP contribution in [0.2, 0.25) is 0 Å². The maximum Gasteiger partial charge on any atom is 0.243 e. The number of hydrogen-bond acceptors (Lipinski definition) is 3. The summed E-state index contributed by atoms with van der Waals surface area (Å²) in [6.45, 7) is 3.57. The number of nitrogens with zero attached hydrogens (tertiary/aromatic N) is 1. The highest BCUT2D eigenvalue weighted by molar-refractivity contribution is 6.09. The van der Waals surface area contributed by atoms with E-state index >= 15 is 0 Å². The lowest BCUT2D eigenvalue weighted by Gasteiger charge is -2.37. The third-order valence-corrected chi connectivity index (χ3v) is 7.12. The molecule has 5 heteroatoms. The summed E-state index contributed by atoms with van der Waals surface area (Å²) in [4.78, 5) is 40.2. The van der Waals surface area contributed by atoms with Crippen molar-refractivity contribution in [3.63, 3.8) is 0 Å². The molecular formula is C22H24N2O3. The predicted molar refractivity (Wildman–Crippen MR) is 99.0 cm³/mol. The quantitative estimate of drug-likeness (QED) is 0.659. The molecule has 1 aromatic carbocycles. The minimum atomic E-state index is -0.780. The van der Waals surface area contributed by atoms with Crippen molar-refractivity contribution in [2.45, 2.75) is 32.4 Å². The van der Waals surface area contributed by atoms with Crippen LogP contribution >= 0.6 is 0 Å². The predicted octanol–water partition coefficient (Wildman–Crippen LogP) is 2.31. The van der Waals surface area contributed by atoms with Crippen LogP contribution in [0.1, 0.15) is 31.9 Å². The second-order valence-electron chi connectivity index (χ2n) is 8.52. The van der Waals surface area contributed by atoms with Crippen LogP contribution in [0, 0.1) is 35.5 Å². The lowest BCUT2D eigenvalue weighted by molar-refractivity contribution is -0.147. The average Bonchev–Trinajstić information content (AvgIpc) is 3.46. The summed E-state index contributed by atoms with van der Waals surface area (Å²) in [5.41, 5.74) is 0.994. The minimum Gasteiger partial charge on any atom is -0.348 e. The van der Waals surface area contributed by atoms with Crippen LogP contribution in [0.25, 0.3) is 0 Å². The molecule has 140 valence electrons. The molecule has 1 aromatic rings. The number of carbonyl (C=O) groups is 3. The summed E-state index contributed by atoms with van der Waals surface area (Å²) in [6.07, 6.45) is 5.44. The van der Waals surface area contributed by atoms with Gasteiger partial charge in [0.2, 0.25) is 17.7 Å². The van der Waals surface area contributed by atoms with E-state index in [2.05, 4.69) is 17.5 Å². The fourth-order valence-electron chi connectivity index (χ4n) is 5.64. The van der Waals surface area contributed by atoms with Gasteiger partial charge in [-0.2, -0.15) is 0 Å². The van der Waals surface area contributed by atoms with E-state index in [0.29, 0.717) is 11.8 Å². The monoisotopic (exact) mass is 364 g/mol. The first-order valence-corrected chi connectivity index (χ1v) is 9.89. The van der Waals surface area contributed by atoms with Gasteiger partial charge in [-0.3, -0.25) is 19.3 Å². The normalized spacial score (nSPS) is 37.6. The van der Waals surface area contributed by atoms with E-state index in [1.807, 2.05) is 37.3 Å². The number of allylic oxidation sites excluding steroid dienone is 2. The van der Waals surface area contributed by atoms with E-state index < -0.39 is 6.04 Å². The highest BCUT2D eigenvalue weighted by Crippen LogP contribution is 2.65. The molecule has 1 heterocycles. The molecule has 2 saturated carbocycles. The van der Waals surface area contributed by atoms with Crippen molar-refractivity contribution in [1.82, 2.24) is 10.2 Å². The van der Waals surface area contributed by atoms with Gasteiger partial charge in [0.15, 0.2) is 0 Å². The highest BCUT2D eigenvalue weighted by Gasteiger charge is 2.67. The fourth-order valence-corrected chi connectivity index (χ4v) is 5.64. The number of carbonyl (C=O) groups excluding carboxylic acids is 3. The van der Waals surface area contributed by atoms with Gasteiger partial charge in [0.1, 0.15) is 6.04 Å². The Morgan fingerprint density at radius 2 is 1.56 bits per heavy atom. The number of nitrogens with one attached hydrogen (secondary N) is 1. The van der Waals surface area contributed by atoms with Gasteiger partial charge in [-0.15, -0.1) is 0 Å². The van der Waals surface area contributed by atoms with Gasteiger partial charge in [0, 0.05) is 0 Å². The largest absolute Gasteiger partial charge is 0.348 e. The molecule has 1 N–H and O–H groups in total. The van der Waals surface area contributed by atoms with Crippen LogP contribution in [-0.2, 0) is 14.4 Å². The average molecular weight is 364 g/mol. The molecule has 3 fully saturated rings. The van der Waals surface area contributed by atoms with E-state index in [4.69, 9.17) is 0 Å². The van der Waals surface area contributed by atoms with Crippen molar-refractivity contribution in [2.24, 2.45) is 35.5 Å². The van der Waals surface area contributed by atoms with Crippen LogP contribution in [0.3, 0.4) is 0 Å².